The van der Waals surface area contributed by atoms with Gasteiger partial charge in [-0.2, -0.15) is 0 Å². The average Bonchev–Trinajstić information content (AvgIpc) is 2.15. The van der Waals surface area contributed by atoms with Crippen LogP contribution in [0.4, 0.5) is 0 Å². The molecule has 1 aliphatic rings. The summed E-state index contributed by atoms with van der Waals surface area (Å²) < 4.78 is 0. The maximum absolute atomic E-state index is 2.43. The fraction of sp³-hybridized carbons (Fsp3) is 0.636. The molecule has 68 valence electrons. The van der Waals surface area contributed by atoms with E-state index in [1.54, 1.807) is 0 Å². The van der Waals surface area contributed by atoms with Crippen molar-refractivity contribution < 1.29 is 0 Å². The molecule has 1 aliphatic carbocycles. The Balaban J connectivity index is 2.27. The Kier molecular flexibility index (Phi) is 4.09. The Morgan fingerprint density at radius 3 is 2.83 bits per heavy atom. The highest BCUT2D eigenvalue weighted by atomic mass is 15.1. The minimum Gasteiger partial charge on any atom is -0.300 e. The van der Waals surface area contributed by atoms with E-state index < -0.39 is 0 Å². The molecule has 0 spiro atoms. The fourth-order valence-corrected chi connectivity index (χ4v) is 1.47. The van der Waals surface area contributed by atoms with Crippen LogP contribution in [0.1, 0.15) is 26.2 Å². The van der Waals surface area contributed by atoms with Gasteiger partial charge >= 0.3 is 0 Å². The lowest BCUT2D eigenvalue weighted by atomic mass is 10.1. The summed E-state index contributed by atoms with van der Waals surface area (Å²) in [6.45, 7) is 3.46. The van der Waals surface area contributed by atoms with Gasteiger partial charge in [0.25, 0.3) is 0 Å². The molecule has 0 saturated carbocycles. The molecule has 0 aliphatic heterocycles. The van der Waals surface area contributed by atoms with Gasteiger partial charge in [-0.25, -0.2) is 0 Å². The van der Waals surface area contributed by atoms with Crippen LogP contribution in [0.25, 0.3) is 0 Å². The van der Waals surface area contributed by atoms with Crippen LogP contribution in [0.15, 0.2) is 24.3 Å². The van der Waals surface area contributed by atoms with E-state index in [1.807, 2.05) is 0 Å². The van der Waals surface area contributed by atoms with Crippen molar-refractivity contribution in [2.45, 2.75) is 32.2 Å². The maximum atomic E-state index is 2.43. The SMILES string of the molecule is CCCCN(C)C1C=CC=CC1. The summed E-state index contributed by atoms with van der Waals surface area (Å²) in [5.74, 6) is 0. The molecule has 0 aromatic carbocycles. The van der Waals surface area contributed by atoms with Crippen molar-refractivity contribution in [2.24, 2.45) is 0 Å². The van der Waals surface area contributed by atoms with E-state index in [9.17, 15) is 0 Å². The molecule has 0 amide bonds. The maximum Gasteiger partial charge on any atom is 0.0312 e. The number of hydrogen-bond acceptors (Lipinski definition) is 1. The summed E-state index contributed by atoms with van der Waals surface area (Å²) in [5, 5.41) is 0. The highest BCUT2D eigenvalue weighted by Gasteiger charge is 2.09. The fourth-order valence-electron chi connectivity index (χ4n) is 1.47. The van der Waals surface area contributed by atoms with E-state index >= 15 is 0 Å². The van der Waals surface area contributed by atoms with E-state index in [2.05, 4.69) is 43.2 Å². The van der Waals surface area contributed by atoms with Crippen LogP contribution in [0.2, 0.25) is 0 Å². The van der Waals surface area contributed by atoms with Gasteiger partial charge in [-0.15, -0.1) is 0 Å². The molecule has 1 nitrogen and oxygen atoms in total. The molecule has 0 heterocycles. The van der Waals surface area contributed by atoms with Gasteiger partial charge in [-0.3, -0.25) is 4.90 Å². The molecule has 0 aromatic heterocycles. The second-order valence-electron chi connectivity index (χ2n) is 3.45. The molecule has 0 fully saturated rings. The predicted octanol–water partition coefficient (Wildman–Crippen LogP) is 2.60. The lowest BCUT2D eigenvalue weighted by Gasteiger charge is -2.25. The zero-order chi connectivity index (χ0) is 8.81. The highest BCUT2D eigenvalue weighted by Crippen LogP contribution is 2.10. The summed E-state index contributed by atoms with van der Waals surface area (Å²) in [5.41, 5.74) is 0. The van der Waals surface area contributed by atoms with Gasteiger partial charge in [0.15, 0.2) is 0 Å². The average molecular weight is 165 g/mol. The first-order valence-corrected chi connectivity index (χ1v) is 4.88. The Morgan fingerprint density at radius 1 is 1.42 bits per heavy atom. The van der Waals surface area contributed by atoms with Crippen LogP contribution < -0.4 is 0 Å². The van der Waals surface area contributed by atoms with Crippen molar-refractivity contribution in [1.82, 2.24) is 4.90 Å². The van der Waals surface area contributed by atoms with Gasteiger partial charge < -0.3 is 0 Å². The number of allylic oxidation sites excluding steroid dienone is 2. The van der Waals surface area contributed by atoms with Crippen LogP contribution in [0.3, 0.4) is 0 Å². The van der Waals surface area contributed by atoms with Crippen LogP contribution in [0.5, 0.6) is 0 Å². The van der Waals surface area contributed by atoms with Gasteiger partial charge in [0.1, 0.15) is 0 Å². The van der Waals surface area contributed by atoms with E-state index in [0.29, 0.717) is 6.04 Å². The minimum absolute atomic E-state index is 0.640. The van der Waals surface area contributed by atoms with E-state index in [1.165, 1.54) is 25.8 Å². The highest BCUT2D eigenvalue weighted by molar-refractivity contribution is 5.13. The molecule has 1 heteroatoms. The molecule has 1 rings (SSSR count). The van der Waals surface area contributed by atoms with Crippen LogP contribution in [0, 0.1) is 0 Å². The quantitative estimate of drug-likeness (QED) is 0.619. The van der Waals surface area contributed by atoms with Gasteiger partial charge in [0.05, 0.1) is 0 Å². The van der Waals surface area contributed by atoms with Gasteiger partial charge in [-0.1, -0.05) is 37.6 Å². The summed E-state index contributed by atoms with van der Waals surface area (Å²) in [6.07, 6.45) is 12.6. The lowest BCUT2D eigenvalue weighted by Crippen LogP contribution is -2.31. The van der Waals surface area contributed by atoms with Gasteiger partial charge in [0, 0.05) is 6.04 Å². The largest absolute Gasteiger partial charge is 0.300 e. The van der Waals surface area contributed by atoms with Crippen LogP contribution in [-0.2, 0) is 0 Å². The number of unbranched alkanes of at least 4 members (excludes halogenated alkanes) is 1. The second-order valence-corrected chi connectivity index (χ2v) is 3.45. The zero-order valence-electron chi connectivity index (χ0n) is 8.16. The molecule has 0 saturated heterocycles. The van der Waals surface area contributed by atoms with Gasteiger partial charge in [0.2, 0.25) is 0 Å². The molecule has 0 aromatic rings. The Labute approximate surface area is 75.8 Å². The molecule has 1 atom stereocenters. The molecule has 0 radical (unpaired) electrons. The summed E-state index contributed by atoms with van der Waals surface area (Å²) in [7, 11) is 2.21. The first kappa shape index (κ1) is 9.53. The third-order valence-electron chi connectivity index (χ3n) is 2.39. The molecule has 0 N–H and O–H groups in total. The minimum atomic E-state index is 0.640. The van der Waals surface area contributed by atoms with Crippen molar-refractivity contribution in [3.63, 3.8) is 0 Å². The summed E-state index contributed by atoms with van der Waals surface area (Å²) >= 11 is 0. The molecule has 0 bridgehead atoms. The second kappa shape index (κ2) is 5.15. The smallest absolute Gasteiger partial charge is 0.0312 e. The van der Waals surface area contributed by atoms with E-state index in [0.717, 1.165) is 0 Å². The number of nitrogens with zero attached hydrogens (tertiary/aromatic N) is 1. The summed E-state index contributed by atoms with van der Waals surface area (Å²) in [4.78, 5) is 2.43. The van der Waals surface area contributed by atoms with E-state index in [4.69, 9.17) is 0 Å². The molecular weight excluding hydrogens is 146 g/mol. The standard InChI is InChI=1S/C11H19N/c1-3-4-10-12(2)11-8-6-5-7-9-11/h5-8,11H,3-4,9-10H2,1-2H3. The Bertz CT molecular complexity index is 170. The molecule has 12 heavy (non-hydrogen) atoms. The Hall–Kier alpha value is -0.560. The number of hydrogen-bond donors (Lipinski definition) is 0. The van der Waals surface area contributed by atoms with Crippen molar-refractivity contribution in [3.8, 4) is 0 Å². The first-order chi connectivity index (χ1) is 5.84. The van der Waals surface area contributed by atoms with Crippen molar-refractivity contribution >= 4 is 0 Å². The normalized spacial score (nSPS) is 22.1. The summed E-state index contributed by atoms with van der Waals surface area (Å²) in [6, 6.07) is 0.640. The van der Waals surface area contributed by atoms with Crippen molar-refractivity contribution in [2.75, 3.05) is 13.6 Å². The lowest BCUT2D eigenvalue weighted by molar-refractivity contribution is 0.277. The Morgan fingerprint density at radius 2 is 2.25 bits per heavy atom. The number of rotatable bonds is 4. The third-order valence-corrected chi connectivity index (χ3v) is 2.39. The topological polar surface area (TPSA) is 3.24 Å². The third kappa shape index (κ3) is 2.82. The van der Waals surface area contributed by atoms with Gasteiger partial charge in [-0.05, 0) is 26.4 Å². The number of likely N-dealkylation sites (N-methyl/N-ethyl adjacent to an activating group) is 1. The zero-order valence-corrected chi connectivity index (χ0v) is 8.16. The van der Waals surface area contributed by atoms with Crippen LogP contribution >= 0.6 is 0 Å². The van der Waals surface area contributed by atoms with E-state index in [-0.39, 0.29) is 0 Å². The van der Waals surface area contributed by atoms with Crippen LogP contribution in [-0.4, -0.2) is 24.5 Å². The molecular formula is C11H19N. The first-order valence-electron chi connectivity index (χ1n) is 4.88. The molecule has 1 unspecified atom stereocenters. The predicted molar refractivity (Wildman–Crippen MR) is 54.2 cm³/mol. The van der Waals surface area contributed by atoms with Crippen molar-refractivity contribution in [3.05, 3.63) is 24.3 Å². The monoisotopic (exact) mass is 165 g/mol. The van der Waals surface area contributed by atoms with Crippen molar-refractivity contribution in [1.29, 1.82) is 0 Å².